The van der Waals surface area contributed by atoms with Crippen LogP contribution in [0.3, 0.4) is 0 Å². The minimum Gasteiger partial charge on any atom is -0.462 e. The molecule has 0 rings (SSSR count). The Kier molecular flexibility index (Phi) is 39.0. The van der Waals surface area contributed by atoms with E-state index in [2.05, 4.69) is 50.3 Å². The molecular weight excluding hydrogens is 608 g/mol. The van der Waals surface area contributed by atoms with Crippen molar-refractivity contribution in [3.8, 4) is 0 Å². The predicted molar refractivity (Wildman–Crippen MR) is 210 cm³/mol. The number of aliphatic hydroxyl groups excluding tert-OH is 1. The number of rotatable bonds is 38. The average molecular weight is 689 g/mol. The minimum absolute atomic E-state index is 0.0690. The van der Waals surface area contributed by atoms with Crippen molar-refractivity contribution in [1.82, 2.24) is 0 Å². The predicted octanol–water partition coefficient (Wildman–Crippen LogP) is 13.2. The first-order chi connectivity index (χ1) is 24.1. The Bertz CT molecular complexity index is 786. The van der Waals surface area contributed by atoms with Gasteiger partial charge >= 0.3 is 11.9 Å². The van der Waals surface area contributed by atoms with E-state index in [0.717, 1.165) is 57.8 Å². The van der Waals surface area contributed by atoms with Crippen LogP contribution in [0.2, 0.25) is 0 Å². The van der Waals surface area contributed by atoms with E-state index in [4.69, 9.17) is 9.47 Å². The monoisotopic (exact) mass is 689 g/mol. The first-order valence-electron chi connectivity index (χ1n) is 21.0. The lowest BCUT2D eigenvalue weighted by atomic mass is 10.0. The molecule has 1 atom stereocenters. The zero-order valence-corrected chi connectivity index (χ0v) is 32.5. The second-order valence-corrected chi connectivity index (χ2v) is 14.1. The molecule has 0 aliphatic heterocycles. The molecule has 5 heteroatoms. The smallest absolute Gasteiger partial charge is 0.306 e. The van der Waals surface area contributed by atoms with Gasteiger partial charge in [0, 0.05) is 12.8 Å². The molecule has 0 aliphatic carbocycles. The van der Waals surface area contributed by atoms with Crippen molar-refractivity contribution in [3.63, 3.8) is 0 Å². The molecule has 0 saturated heterocycles. The summed E-state index contributed by atoms with van der Waals surface area (Å²) in [4.78, 5) is 24.2. The Morgan fingerprint density at radius 3 is 1.31 bits per heavy atom. The van der Waals surface area contributed by atoms with E-state index in [0.29, 0.717) is 12.8 Å². The summed E-state index contributed by atoms with van der Waals surface area (Å²) in [6.07, 6.45) is 49.4. The molecule has 0 aliphatic rings. The fraction of sp³-hybridized carbons (Fsp3) is 0.818. The molecule has 0 bridgehead atoms. The Morgan fingerprint density at radius 2 is 0.857 bits per heavy atom. The van der Waals surface area contributed by atoms with Crippen LogP contribution in [-0.2, 0) is 19.1 Å². The van der Waals surface area contributed by atoms with Crippen molar-refractivity contribution in [2.24, 2.45) is 0 Å². The first-order valence-corrected chi connectivity index (χ1v) is 21.0. The van der Waals surface area contributed by atoms with Gasteiger partial charge in [0.2, 0.25) is 0 Å². The minimum atomic E-state index is -0.772. The number of aliphatic hydroxyl groups is 1. The van der Waals surface area contributed by atoms with Crippen LogP contribution in [0.5, 0.6) is 0 Å². The Morgan fingerprint density at radius 1 is 0.469 bits per heavy atom. The summed E-state index contributed by atoms with van der Waals surface area (Å²) in [5.41, 5.74) is 0. The summed E-state index contributed by atoms with van der Waals surface area (Å²) in [5, 5.41) is 9.54. The van der Waals surface area contributed by atoms with Crippen molar-refractivity contribution in [3.05, 3.63) is 36.5 Å². The van der Waals surface area contributed by atoms with Crippen LogP contribution in [0.4, 0.5) is 0 Å². The molecule has 0 aromatic heterocycles. The van der Waals surface area contributed by atoms with Gasteiger partial charge in [0.1, 0.15) is 6.61 Å². The Hall–Kier alpha value is -1.88. The number of esters is 2. The molecule has 0 aromatic carbocycles. The van der Waals surface area contributed by atoms with Gasteiger partial charge in [0.05, 0.1) is 6.61 Å². The number of carbonyl (C=O) groups is 2. The quantitative estimate of drug-likeness (QED) is 0.0397. The summed E-state index contributed by atoms with van der Waals surface area (Å²) in [7, 11) is 0. The molecule has 0 radical (unpaired) electrons. The van der Waals surface area contributed by atoms with Crippen molar-refractivity contribution in [1.29, 1.82) is 0 Å². The van der Waals surface area contributed by atoms with Gasteiger partial charge in [-0.1, -0.05) is 172 Å². The zero-order chi connectivity index (χ0) is 35.7. The van der Waals surface area contributed by atoms with Gasteiger partial charge < -0.3 is 14.6 Å². The molecule has 5 nitrogen and oxygen atoms in total. The van der Waals surface area contributed by atoms with E-state index in [1.54, 1.807) is 0 Å². The van der Waals surface area contributed by atoms with Crippen LogP contribution in [-0.4, -0.2) is 36.4 Å². The highest BCUT2D eigenvalue weighted by Crippen LogP contribution is 2.14. The fourth-order valence-electron chi connectivity index (χ4n) is 5.94. The molecule has 0 spiro atoms. The van der Waals surface area contributed by atoms with Crippen molar-refractivity contribution in [2.45, 2.75) is 219 Å². The van der Waals surface area contributed by atoms with Gasteiger partial charge in [0.15, 0.2) is 6.10 Å². The highest BCUT2D eigenvalue weighted by atomic mass is 16.6. The second kappa shape index (κ2) is 40.5. The number of hydrogen-bond acceptors (Lipinski definition) is 5. The molecule has 0 saturated carbocycles. The summed E-state index contributed by atoms with van der Waals surface area (Å²) in [5.74, 6) is -0.601. The molecule has 1 unspecified atom stereocenters. The van der Waals surface area contributed by atoms with Crippen LogP contribution < -0.4 is 0 Å². The highest BCUT2D eigenvalue weighted by molar-refractivity contribution is 5.70. The highest BCUT2D eigenvalue weighted by Gasteiger charge is 2.16. The fourth-order valence-corrected chi connectivity index (χ4v) is 5.94. The van der Waals surface area contributed by atoms with Crippen molar-refractivity contribution >= 4 is 11.9 Å². The van der Waals surface area contributed by atoms with E-state index in [1.165, 1.54) is 128 Å². The molecule has 0 aromatic rings. The van der Waals surface area contributed by atoms with Crippen LogP contribution >= 0.6 is 0 Å². The lowest BCUT2D eigenvalue weighted by Crippen LogP contribution is -2.28. The standard InChI is InChI=1S/C44H80O5/c1-3-5-7-9-11-13-15-16-17-18-19-20-21-22-23-24-25-26-27-28-29-31-33-35-37-39-44(47)49-42(40-45)41-48-43(46)38-36-34-32-30-14-12-10-8-6-4-2/h8,10,15-16,18-19,42,45H,3-7,9,11-14,17,20-41H2,1-2H3/b10-8-,16-15-,19-18-. The van der Waals surface area contributed by atoms with Crippen molar-refractivity contribution in [2.75, 3.05) is 13.2 Å². The molecule has 286 valence electrons. The third-order valence-corrected chi connectivity index (χ3v) is 9.14. The van der Waals surface area contributed by atoms with E-state index < -0.39 is 6.10 Å². The Labute approximate surface area is 304 Å². The van der Waals surface area contributed by atoms with Crippen LogP contribution in [0.15, 0.2) is 36.5 Å². The second-order valence-electron chi connectivity index (χ2n) is 14.1. The third kappa shape index (κ3) is 38.8. The van der Waals surface area contributed by atoms with E-state index in [1.807, 2.05) is 0 Å². The largest absolute Gasteiger partial charge is 0.462 e. The zero-order valence-electron chi connectivity index (χ0n) is 32.5. The average Bonchev–Trinajstić information content (AvgIpc) is 3.10. The molecular formula is C44H80O5. The number of hydrogen-bond donors (Lipinski definition) is 1. The summed E-state index contributed by atoms with van der Waals surface area (Å²) >= 11 is 0. The van der Waals surface area contributed by atoms with Gasteiger partial charge in [-0.3, -0.25) is 9.59 Å². The normalized spacial score (nSPS) is 12.5. The molecule has 49 heavy (non-hydrogen) atoms. The third-order valence-electron chi connectivity index (χ3n) is 9.14. The molecule has 0 amide bonds. The molecule has 0 fully saturated rings. The molecule has 1 N–H and O–H groups in total. The number of carbonyl (C=O) groups excluding carboxylic acids is 2. The summed E-state index contributed by atoms with van der Waals surface area (Å²) in [6.45, 7) is 4.06. The van der Waals surface area contributed by atoms with Gasteiger partial charge in [-0.15, -0.1) is 0 Å². The maximum atomic E-state index is 12.2. The van der Waals surface area contributed by atoms with Gasteiger partial charge in [-0.05, 0) is 64.2 Å². The van der Waals surface area contributed by atoms with Gasteiger partial charge in [-0.2, -0.15) is 0 Å². The maximum absolute atomic E-state index is 12.2. The first kappa shape index (κ1) is 47.1. The van der Waals surface area contributed by atoms with Gasteiger partial charge in [-0.25, -0.2) is 0 Å². The number of unbranched alkanes of at least 4 members (excludes halogenated alkanes) is 24. The number of allylic oxidation sites excluding steroid dienone is 6. The lowest BCUT2D eigenvalue weighted by Gasteiger charge is -2.15. The lowest BCUT2D eigenvalue weighted by molar-refractivity contribution is -0.161. The van der Waals surface area contributed by atoms with E-state index >= 15 is 0 Å². The van der Waals surface area contributed by atoms with Crippen LogP contribution in [0.1, 0.15) is 213 Å². The summed E-state index contributed by atoms with van der Waals surface area (Å²) < 4.78 is 10.6. The van der Waals surface area contributed by atoms with Crippen molar-refractivity contribution < 1.29 is 24.2 Å². The molecule has 0 heterocycles. The number of ether oxygens (including phenoxy) is 2. The SMILES string of the molecule is CCC/C=C\CCCCCCCC(=O)OCC(CO)OC(=O)CCCCCCCCCCCCCCC/C=C\C/C=C\CCCCCCC. The van der Waals surface area contributed by atoms with Crippen LogP contribution in [0, 0.1) is 0 Å². The van der Waals surface area contributed by atoms with E-state index in [-0.39, 0.29) is 25.2 Å². The van der Waals surface area contributed by atoms with Gasteiger partial charge in [0.25, 0.3) is 0 Å². The Balaban J connectivity index is 3.48. The van der Waals surface area contributed by atoms with Crippen LogP contribution in [0.25, 0.3) is 0 Å². The maximum Gasteiger partial charge on any atom is 0.306 e. The van der Waals surface area contributed by atoms with E-state index in [9.17, 15) is 14.7 Å². The summed E-state index contributed by atoms with van der Waals surface area (Å²) in [6, 6.07) is 0. The topological polar surface area (TPSA) is 72.8 Å².